The Morgan fingerprint density at radius 2 is 0.815 bits per heavy atom. The first kappa shape index (κ1) is 31.5. The van der Waals surface area contributed by atoms with Crippen molar-refractivity contribution in [3.8, 4) is 56.4 Å². The second-order valence-electron chi connectivity index (χ2n) is 13.9. The van der Waals surface area contributed by atoms with Crippen molar-refractivity contribution in [3.05, 3.63) is 179 Å². The van der Waals surface area contributed by atoms with Gasteiger partial charge in [-0.25, -0.2) is 9.59 Å². The van der Waals surface area contributed by atoms with Crippen molar-refractivity contribution < 1.29 is 29.3 Å². The lowest BCUT2D eigenvalue weighted by molar-refractivity contribution is 0.0686. The number of carbonyl (C=O) groups is 2. The third-order valence-electron chi connectivity index (χ3n) is 10.7. The van der Waals surface area contributed by atoms with Crippen LogP contribution in [0.25, 0.3) is 54.9 Å². The maximum atomic E-state index is 11.7. The van der Waals surface area contributed by atoms with E-state index in [0.717, 1.165) is 77.2 Å². The van der Waals surface area contributed by atoms with Crippen LogP contribution in [0.15, 0.2) is 146 Å². The van der Waals surface area contributed by atoms with Gasteiger partial charge in [-0.15, -0.1) is 0 Å². The standard InChI is InChI=1S/C48H30O6/c49-47(50)29-9-15-37-31(21-29)23-33-25-35(13-17-39(33)37)53-43-19-11-27-5-1-3-7-41(27)45(43)46-42-8-4-2-6-28(42)12-20-44(46)54-36-14-18-40-34(26-36)24-32-22-30(48(51)52)10-16-38(32)40/h1-22,25-26H,23-24H2,(H,49,50)(H,51,52). The molecule has 0 bridgehead atoms. The maximum Gasteiger partial charge on any atom is 0.335 e. The lowest BCUT2D eigenvalue weighted by Gasteiger charge is -2.20. The van der Waals surface area contributed by atoms with Crippen molar-refractivity contribution in [1.82, 2.24) is 0 Å². The Kier molecular flexibility index (Phi) is 7.13. The minimum atomic E-state index is -0.934. The molecule has 0 amide bonds. The van der Waals surface area contributed by atoms with Crippen LogP contribution in [-0.2, 0) is 12.8 Å². The highest BCUT2D eigenvalue weighted by molar-refractivity contribution is 6.10. The number of hydrogen-bond donors (Lipinski definition) is 2. The summed E-state index contributed by atoms with van der Waals surface area (Å²) in [6.45, 7) is 0. The molecular formula is C48H30O6. The molecule has 6 heteroatoms. The molecule has 0 heterocycles. The third kappa shape index (κ3) is 5.19. The number of benzene rings is 8. The van der Waals surface area contributed by atoms with Crippen LogP contribution < -0.4 is 9.47 Å². The predicted octanol–water partition coefficient (Wildman–Crippen LogP) is 11.8. The molecule has 6 nitrogen and oxygen atoms in total. The minimum Gasteiger partial charge on any atom is -0.478 e. The SMILES string of the molecule is O=C(O)c1ccc2c(c1)Cc1cc(Oc3ccc4ccccc4c3-c3c(Oc4ccc5c(c4)Cc4cc(C(=O)O)ccc4-5)ccc4ccccc34)ccc1-2. The first-order valence-electron chi connectivity index (χ1n) is 17.8. The molecule has 2 aliphatic rings. The van der Waals surface area contributed by atoms with Crippen LogP contribution >= 0.6 is 0 Å². The van der Waals surface area contributed by atoms with Crippen LogP contribution in [0.2, 0.25) is 0 Å². The Morgan fingerprint density at radius 3 is 1.24 bits per heavy atom. The molecule has 258 valence electrons. The highest BCUT2D eigenvalue weighted by Gasteiger charge is 2.25. The predicted molar refractivity (Wildman–Crippen MR) is 210 cm³/mol. The third-order valence-corrected chi connectivity index (χ3v) is 10.7. The summed E-state index contributed by atoms with van der Waals surface area (Å²) >= 11 is 0. The zero-order valence-electron chi connectivity index (χ0n) is 28.8. The van der Waals surface area contributed by atoms with E-state index in [-0.39, 0.29) is 11.1 Å². The molecule has 8 aromatic rings. The van der Waals surface area contributed by atoms with Crippen molar-refractivity contribution >= 4 is 33.5 Å². The molecule has 54 heavy (non-hydrogen) atoms. The van der Waals surface area contributed by atoms with E-state index in [2.05, 4.69) is 60.7 Å². The maximum absolute atomic E-state index is 11.7. The van der Waals surface area contributed by atoms with Crippen LogP contribution in [0.3, 0.4) is 0 Å². The average molecular weight is 703 g/mol. The second-order valence-corrected chi connectivity index (χ2v) is 13.9. The van der Waals surface area contributed by atoms with Gasteiger partial charge in [-0.3, -0.25) is 0 Å². The zero-order valence-corrected chi connectivity index (χ0v) is 28.8. The van der Waals surface area contributed by atoms with Crippen LogP contribution in [0.4, 0.5) is 0 Å². The summed E-state index contributed by atoms with van der Waals surface area (Å²) in [6, 6.07) is 47.5. The van der Waals surface area contributed by atoms with Gasteiger partial charge in [0.25, 0.3) is 0 Å². The van der Waals surface area contributed by atoms with E-state index in [1.807, 2.05) is 60.7 Å². The van der Waals surface area contributed by atoms with E-state index >= 15 is 0 Å². The Balaban J connectivity index is 1.07. The summed E-state index contributed by atoms with van der Waals surface area (Å²) in [4.78, 5) is 23.3. The van der Waals surface area contributed by atoms with Gasteiger partial charge in [-0.1, -0.05) is 84.9 Å². The lowest BCUT2D eigenvalue weighted by atomic mass is 9.92. The van der Waals surface area contributed by atoms with Crippen molar-refractivity contribution in [1.29, 1.82) is 0 Å². The van der Waals surface area contributed by atoms with E-state index in [0.29, 0.717) is 35.8 Å². The molecule has 0 saturated carbocycles. The minimum absolute atomic E-state index is 0.284. The summed E-state index contributed by atoms with van der Waals surface area (Å²) in [5.74, 6) is 0.855. The topological polar surface area (TPSA) is 93.1 Å². The number of carboxylic acids is 2. The van der Waals surface area contributed by atoms with Crippen LogP contribution in [0, 0.1) is 0 Å². The van der Waals surface area contributed by atoms with Gasteiger partial charge in [0, 0.05) is 11.1 Å². The second kappa shape index (κ2) is 12.2. The molecule has 0 aliphatic heterocycles. The monoisotopic (exact) mass is 702 g/mol. The van der Waals surface area contributed by atoms with Gasteiger partial charge in [0.2, 0.25) is 0 Å². The lowest BCUT2D eigenvalue weighted by Crippen LogP contribution is -1.96. The average Bonchev–Trinajstić information content (AvgIpc) is 3.74. The fourth-order valence-corrected chi connectivity index (χ4v) is 8.21. The molecular weight excluding hydrogens is 673 g/mol. The van der Waals surface area contributed by atoms with Gasteiger partial charge in [0.05, 0.1) is 11.1 Å². The number of carboxylic acid groups (broad SMARTS) is 2. The van der Waals surface area contributed by atoms with E-state index in [4.69, 9.17) is 9.47 Å². The van der Waals surface area contributed by atoms with E-state index in [9.17, 15) is 19.8 Å². The quantitative estimate of drug-likeness (QED) is 0.172. The van der Waals surface area contributed by atoms with Crippen molar-refractivity contribution in [3.63, 3.8) is 0 Å². The van der Waals surface area contributed by atoms with Gasteiger partial charge < -0.3 is 19.7 Å². The van der Waals surface area contributed by atoms with Gasteiger partial charge in [-0.2, -0.15) is 0 Å². The largest absolute Gasteiger partial charge is 0.478 e. The van der Waals surface area contributed by atoms with Gasteiger partial charge in [0.1, 0.15) is 23.0 Å². The molecule has 0 aromatic heterocycles. The summed E-state index contributed by atoms with van der Waals surface area (Å²) in [7, 11) is 0. The summed E-state index contributed by atoms with van der Waals surface area (Å²) < 4.78 is 13.7. The summed E-state index contributed by atoms with van der Waals surface area (Å²) in [6.07, 6.45) is 1.25. The summed E-state index contributed by atoms with van der Waals surface area (Å²) in [5, 5.41) is 23.3. The fraction of sp³-hybridized carbons (Fsp3) is 0.0417. The number of hydrogen-bond acceptors (Lipinski definition) is 4. The van der Waals surface area contributed by atoms with Gasteiger partial charge >= 0.3 is 11.9 Å². The smallest absolute Gasteiger partial charge is 0.335 e. The molecule has 0 radical (unpaired) electrons. The number of aromatic carboxylic acids is 2. The van der Waals surface area contributed by atoms with Gasteiger partial charge in [0.15, 0.2) is 0 Å². The molecule has 2 N–H and O–H groups in total. The zero-order chi connectivity index (χ0) is 36.5. The first-order chi connectivity index (χ1) is 26.4. The van der Waals surface area contributed by atoms with Crippen LogP contribution in [-0.4, -0.2) is 22.2 Å². The molecule has 0 spiro atoms. The molecule has 0 saturated heterocycles. The molecule has 2 aliphatic carbocycles. The van der Waals surface area contributed by atoms with Crippen LogP contribution in [0.5, 0.6) is 23.0 Å². The van der Waals surface area contributed by atoms with E-state index in [1.165, 1.54) is 0 Å². The van der Waals surface area contributed by atoms with Crippen molar-refractivity contribution in [2.24, 2.45) is 0 Å². The Hall–Kier alpha value is -7.18. The fourth-order valence-electron chi connectivity index (χ4n) is 8.21. The highest BCUT2D eigenvalue weighted by Crippen LogP contribution is 2.49. The molecule has 8 aromatic carbocycles. The van der Waals surface area contributed by atoms with Gasteiger partial charge in [-0.05, 0) is 140 Å². The number of rotatable bonds is 7. The van der Waals surface area contributed by atoms with E-state index < -0.39 is 11.9 Å². The van der Waals surface area contributed by atoms with Crippen LogP contribution in [0.1, 0.15) is 43.0 Å². The number of ether oxygens (including phenoxy) is 2. The Labute approximate surface area is 310 Å². The molecule has 10 rings (SSSR count). The van der Waals surface area contributed by atoms with Crippen molar-refractivity contribution in [2.75, 3.05) is 0 Å². The Morgan fingerprint density at radius 1 is 0.426 bits per heavy atom. The molecule has 0 unspecified atom stereocenters. The van der Waals surface area contributed by atoms with E-state index in [1.54, 1.807) is 24.3 Å². The normalized spacial score (nSPS) is 12.2. The molecule has 0 atom stereocenters. The Bertz CT molecular complexity index is 2710. The van der Waals surface area contributed by atoms with Crippen molar-refractivity contribution in [2.45, 2.75) is 12.8 Å². The highest BCUT2D eigenvalue weighted by atomic mass is 16.5. The number of fused-ring (bicyclic) bond motifs is 8. The molecule has 0 fully saturated rings. The summed E-state index contributed by atoms with van der Waals surface area (Å²) in [5.41, 5.74) is 10.8. The first-order valence-corrected chi connectivity index (χ1v) is 17.8.